The molecule has 0 saturated heterocycles. The number of nitrogens with one attached hydrogen (secondary N) is 1. The first kappa shape index (κ1) is 33.5. The molecule has 0 saturated carbocycles. The number of benzene rings is 4. The third-order valence-electron chi connectivity index (χ3n) is 7.88. The Balaban J connectivity index is 1.81. The number of hydrogen-bond donors (Lipinski definition) is 1. The molecule has 2 amide bonds. The maximum atomic E-state index is 14.6. The number of sulfonamides is 1. The van der Waals surface area contributed by atoms with Crippen LogP contribution in [-0.2, 0) is 32.6 Å². The molecule has 4 aromatic rings. The van der Waals surface area contributed by atoms with Crippen LogP contribution in [0.4, 0.5) is 5.69 Å². The van der Waals surface area contributed by atoms with E-state index in [1.807, 2.05) is 101 Å². The molecular formula is C37H43N3O4S. The molecule has 45 heavy (non-hydrogen) atoms. The van der Waals surface area contributed by atoms with Crippen LogP contribution in [0.25, 0.3) is 0 Å². The van der Waals surface area contributed by atoms with Gasteiger partial charge in [0.25, 0.3) is 10.0 Å². The topological polar surface area (TPSA) is 86.8 Å². The SMILES string of the molecule is Cc1ccc(S(=O)(=O)N(CC(=O)N(Cc2ccccc2)[C@@H](Cc2ccccc2)C(=O)NCC(C)C)c2cccc(C)c2C)cc1. The number of rotatable bonds is 13. The Morgan fingerprint density at radius 3 is 1.96 bits per heavy atom. The monoisotopic (exact) mass is 625 g/mol. The van der Waals surface area contributed by atoms with Gasteiger partial charge in [0.1, 0.15) is 12.6 Å². The van der Waals surface area contributed by atoms with Gasteiger partial charge in [-0.15, -0.1) is 0 Å². The van der Waals surface area contributed by atoms with E-state index in [2.05, 4.69) is 5.32 Å². The summed E-state index contributed by atoms with van der Waals surface area (Å²) in [7, 11) is -4.15. The molecular weight excluding hydrogens is 582 g/mol. The molecule has 0 heterocycles. The Bertz CT molecular complexity index is 1690. The lowest BCUT2D eigenvalue weighted by Crippen LogP contribution is -2.53. The number of carbonyl (C=O) groups excluding carboxylic acids is 2. The number of aryl methyl sites for hydroxylation is 2. The van der Waals surface area contributed by atoms with Crippen molar-refractivity contribution >= 4 is 27.5 Å². The zero-order chi connectivity index (χ0) is 32.6. The number of carbonyl (C=O) groups is 2. The maximum Gasteiger partial charge on any atom is 0.264 e. The second kappa shape index (κ2) is 15.0. The Kier molecular flexibility index (Phi) is 11.2. The van der Waals surface area contributed by atoms with Gasteiger partial charge in [0.2, 0.25) is 11.8 Å². The van der Waals surface area contributed by atoms with Crippen molar-refractivity contribution in [3.63, 3.8) is 0 Å². The summed E-state index contributed by atoms with van der Waals surface area (Å²) >= 11 is 0. The van der Waals surface area contributed by atoms with E-state index < -0.39 is 28.5 Å². The average Bonchev–Trinajstić information content (AvgIpc) is 3.03. The zero-order valence-corrected chi connectivity index (χ0v) is 27.6. The van der Waals surface area contributed by atoms with Gasteiger partial charge in [-0.25, -0.2) is 8.42 Å². The lowest BCUT2D eigenvalue weighted by atomic mass is 10.0. The highest BCUT2D eigenvalue weighted by molar-refractivity contribution is 7.92. The minimum atomic E-state index is -4.15. The third kappa shape index (κ3) is 8.60. The van der Waals surface area contributed by atoms with E-state index in [1.165, 1.54) is 9.21 Å². The van der Waals surface area contributed by atoms with E-state index in [0.29, 0.717) is 12.2 Å². The molecule has 1 N–H and O–H groups in total. The molecule has 0 aliphatic rings. The van der Waals surface area contributed by atoms with E-state index in [4.69, 9.17) is 0 Å². The van der Waals surface area contributed by atoms with Crippen LogP contribution >= 0.6 is 0 Å². The lowest BCUT2D eigenvalue weighted by Gasteiger charge is -2.34. The van der Waals surface area contributed by atoms with Crippen LogP contribution in [0, 0.1) is 26.7 Å². The summed E-state index contributed by atoms with van der Waals surface area (Å²) in [6, 6.07) is 30.2. The highest BCUT2D eigenvalue weighted by Gasteiger charge is 2.35. The first-order chi connectivity index (χ1) is 21.5. The fraction of sp³-hybridized carbons (Fsp3) is 0.297. The quantitative estimate of drug-likeness (QED) is 0.191. The van der Waals surface area contributed by atoms with Gasteiger partial charge in [0, 0.05) is 19.5 Å². The molecule has 0 fully saturated rings. The standard InChI is InChI=1S/C37H43N3O4S/c1-27(2)24-38-37(42)35(23-31-14-8-6-9-15-31)39(25-32-16-10-7-11-17-32)36(41)26-40(34-18-12-13-29(4)30(34)5)45(43,44)33-21-19-28(3)20-22-33/h6-22,27,35H,23-26H2,1-5H3,(H,38,42)/t35-/m0/s1. The first-order valence-corrected chi connectivity index (χ1v) is 16.7. The van der Waals surface area contributed by atoms with Gasteiger partial charge in [-0.05, 0) is 67.1 Å². The Hall–Kier alpha value is -4.43. The molecule has 0 bridgehead atoms. The average molecular weight is 626 g/mol. The summed E-state index contributed by atoms with van der Waals surface area (Å²) in [4.78, 5) is 30.0. The van der Waals surface area contributed by atoms with Crippen molar-refractivity contribution in [3.05, 3.63) is 131 Å². The second-order valence-corrected chi connectivity index (χ2v) is 13.8. The van der Waals surface area contributed by atoms with Crippen LogP contribution in [0.2, 0.25) is 0 Å². The predicted octanol–water partition coefficient (Wildman–Crippen LogP) is 6.22. The molecule has 8 heteroatoms. The lowest BCUT2D eigenvalue weighted by molar-refractivity contribution is -0.140. The fourth-order valence-corrected chi connectivity index (χ4v) is 6.58. The van der Waals surface area contributed by atoms with Gasteiger partial charge < -0.3 is 10.2 Å². The minimum Gasteiger partial charge on any atom is -0.354 e. The summed E-state index contributed by atoms with van der Waals surface area (Å²) < 4.78 is 29.7. The summed E-state index contributed by atoms with van der Waals surface area (Å²) in [5, 5.41) is 3.02. The molecule has 236 valence electrons. The molecule has 0 radical (unpaired) electrons. The Morgan fingerprint density at radius 1 is 0.756 bits per heavy atom. The number of anilines is 1. The molecule has 4 aromatic carbocycles. The van der Waals surface area contributed by atoms with Gasteiger partial charge >= 0.3 is 0 Å². The summed E-state index contributed by atoms with van der Waals surface area (Å²) in [6.45, 7) is 9.79. The van der Waals surface area contributed by atoms with Gasteiger partial charge in [0.15, 0.2) is 0 Å². The van der Waals surface area contributed by atoms with E-state index >= 15 is 0 Å². The van der Waals surface area contributed by atoms with E-state index in [-0.39, 0.29) is 29.7 Å². The van der Waals surface area contributed by atoms with Crippen molar-refractivity contribution in [2.45, 2.75) is 58.5 Å². The van der Waals surface area contributed by atoms with E-state index in [0.717, 1.165) is 27.8 Å². The molecule has 0 aliphatic carbocycles. The smallest absolute Gasteiger partial charge is 0.264 e. The van der Waals surface area contributed by atoms with Crippen LogP contribution in [0.1, 0.15) is 41.7 Å². The van der Waals surface area contributed by atoms with Gasteiger partial charge in [0.05, 0.1) is 10.6 Å². The van der Waals surface area contributed by atoms with Crippen molar-refractivity contribution < 1.29 is 18.0 Å². The number of hydrogen-bond acceptors (Lipinski definition) is 4. The van der Waals surface area contributed by atoms with Crippen LogP contribution in [-0.4, -0.2) is 44.3 Å². The number of amides is 2. The summed E-state index contributed by atoms with van der Waals surface area (Å²) in [6.07, 6.45) is 0.275. The van der Waals surface area contributed by atoms with Crippen LogP contribution in [0.15, 0.2) is 108 Å². The summed E-state index contributed by atoms with van der Waals surface area (Å²) in [5.41, 5.74) is 4.74. The van der Waals surface area contributed by atoms with Crippen LogP contribution in [0.3, 0.4) is 0 Å². The normalized spacial score (nSPS) is 12.0. The molecule has 0 unspecified atom stereocenters. The third-order valence-corrected chi connectivity index (χ3v) is 9.66. The predicted molar refractivity (Wildman–Crippen MR) is 180 cm³/mol. The van der Waals surface area contributed by atoms with Gasteiger partial charge in [-0.2, -0.15) is 0 Å². The van der Waals surface area contributed by atoms with Crippen molar-refractivity contribution in [1.29, 1.82) is 0 Å². The molecule has 7 nitrogen and oxygen atoms in total. The molecule has 1 atom stereocenters. The zero-order valence-electron chi connectivity index (χ0n) is 26.7. The van der Waals surface area contributed by atoms with Crippen molar-refractivity contribution in [2.24, 2.45) is 5.92 Å². The fourth-order valence-electron chi connectivity index (χ4n) is 5.11. The highest BCUT2D eigenvalue weighted by Crippen LogP contribution is 2.29. The number of nitrogens with zero attached hydrogens (tertiary/aromatic N) is 2. The Labute approximate surface area is 268 Å². The molecule has 4 rings (SSSR count). The molecule has 0 aromatic heterocycles. The van der Waals surface area contributed by atoms with E-state index in [1.54, 1.807) is 36.4 Å². The van der Waals surface area contributed by atoms with Crippen LogP contribution in [0.5, 0.6) is 0 Å². The van der Waals surface area contributed by atoms with Crippen molar-refractivity contribution in [3.8, 4) is 0 Å². The maximum absolute atomic E-state index is 14.6. The Morgan fingerprint density at radius 2 is 1.36 bits per heavy atom. The minimum absolute atomic E-state index is 0.0897. The van der Waals surface area contributed by atoms with Crippen LogP contribution < -0.4 is 9.62 Å². The first-order valence-electron chi connectivity index (χ1n) is 15.3. The van der Waals surface area contributed by atoms with Gasteiger partial charge in [-0.1, -0.05) is 104 Å². The largest absolute Gasteiger partial charge is 0.354 e. The molecule has 0 spiro atoms. The van der Waals surface area contributed by atoms with Crippen molar-refractivity contribution in [2.75, 3.05) is 17.4 Å². The van der Waals surface area contributed by atoms with Gasteiger partial charge in [-0.3, -0.25) is 13.9 Å². The second-order valence-electron chi connectivity index (χ2n) is 11.9. The highest BCUT2D eigenvalue weighted by atomic mass is 32.2. The molecule has 0 aliphatic heterocycles. The van der Waals surface area contributed by atoms with Crippen molar-refractivity contribution in [1.82, 2.24) is 10.2 Å². The van der Waals surface area contributed by atoms with E-state index in [9.17, 15) is 18.0 Å². The summed E-state index contributed by atoms with van der Waals surface area (Å²) in [5.74, 6) is -0.545.